The van der Waals surface area contributed by atoms with Crippen molar-refractivity contribution >= 4 is 17.6 Å². The van der Waals surface area contributed by atoms with E-state index in [-0.39, 0.29) is 36.5 Å². The van der Waals surface area contributed by atoms with Crippen LogP contribution < -0.4 is 0 Å². The number of hydrogen-bond donors (Lipinski definition) is 0. The lowest BCUT2D eigenvalue weighted by atomic mass is 9.83. The summed E-state index contributed by atoms with van der Waals surface area (Å²) in [5.41, 5.74) is 0. The average Bonchev–Trinajstić information content (AvgIpc) is 2.81. The molecule has 0 aromatic carbocycles. The number of unbranched alkanes of at least 4 members (excludes halogenated alkanes) is 2. The number of amides is 2. The van der Waals surface area contributed by atoms with E-state index in [1.807, 2.05) is 13.8 Å². The average molecular weight is 325 g/mol. The molecule has 23 heavy (non-hydrogen) atoms. The first-order valence-electron chi connectivity index (χ1n) is 9.34. The summed E-state index contributed by atoms with van der Waals surface area (Å²) < 4.78 is 0. The van der Waals surface area contributed by atoms with Crippen LogP contribution >= 0.6 is 0 Å². The quantitative estimate of drug-likeness (QED) is 0.443. The number of ketones is 1. The number of imide groups is 1. The Bertz CT molecular complexity index is 379. The van der Waals surface area contributed by atoms with Gasteiger partial charge < -0.3 is 0 Å². The second-order valence-corrected chi connectivity index (χ2v) is 6.19. The molecule has 2 atom stereocenters. The molecule has 2 unspecified atom stereocenters. The van der Waals surface area contributed by atoms with Crippen LogP contribution in [0.25, 0.3) is 0 Å². The Balaban J connectivity index is 0.00000232. The van der Waals surface area contributed by atoms with E-state index < -0.39 is 0 Å². The molecule has 4 nitrogen and oxygen atoms in total. The largest absolute Gasteiger partial charge is 0.300 e. The second kappa shape index (κ2) is 12.3. The number of hydrogen-bond acceptors (Lipinski definition) is 3. The highest BCUT2D eigenvalue weighted by Crippen LogP contribution is 2.33. The highest BCUT2D eigenvalue weighted by Gasteiger charge is 2.41. The molecule has 0 aliphatic carbocycles. The summed E-state index contributed by atoms with van der Waals surface area (Å²) in [6, 6.07) is 0. The number of rotatable bonds is 10. The number of likely N-dealkylation sites (tertiary alicyclic amines) is 1. The fourth-order valence-corrected chi connectivity index (χ4v) is 3.16. The third kappa shape index (κ3) is 7.28. The minimum absolute atomic E-state index is 0.0205. The lowest BCUT2D eigenvalue weighted by Gasteiger charge is -2.22. The molecule has 1 saturated heterocycles. The van der Waals surface area contributed by atoms with Crippen LogP contribution in [0.5, 0.6) is 0 Å². The van der Waals surface area contributed by atoms with Gasteiger partial charge >= 0.3 is 0 Å². The Hall–Kier alpha value is -1.19. The van der Waals surface area contributed by atoms with E-state index in [9.17, 15) is 14.4 Å². The number of Topliss-reactive ketones (excluding diaryl/α,β-unsaturated/α-hetero) is 1. The summed E-state index contributed by atoms with van der Waals surface area (Å²) in [6.07, 6.45) is 7.19. The van der Waals surface area contributed by atoms with E-state index in [0.717, 1.165) is 25.7 Å². The maximum absolute atomic E-state index is 12.5. The molecule has 2 amide bonds. The molecule has 1 aliphatic rings. The first-order chi connectivity index (χ1) is 11.0. The van der Waals surface area contributed by atoms with E-state index in [2.05, 4.69) is 13.8 Å². The second-order valence-electron chi connectivity index (χ2n) is 6.19. The highest BCUT2D eigenvalue weighted by molar-refractivity contribution is 6.03. The minimum Gasteiger partial charge on any atom is -0.300 e. The lowest BCUT2D eigenvalue weighted by molar-refractivity contribution is -0.140. The predicted molar refractivity (Wildman–Crippen MR) is 94.0 cm³/mol. The Labute approximate surface area is 142 Å². The fraction of sp³-hybridized carbons (Fsp3) is 0.842. The monoisotopic (exact) mass is 325 g/mol. The molecule has 0 aromatic rings. The smallest absolute Gasteiger partial charge is 0.233 e. The van der Waals surface area contributed by atoms with Crippen molar-refractivity contribution in [3.05, 3.63) is 0 Å². The van der Waals surface area contributed by atoms with Crippen molar-refractivity contribution in [2.75, 3.05) is 6.54 Å². The van der Waals surface area contributed by atoms with E-state index in [4.69, 9.17) is 0 Å². The summed E-state index contributed by atoms with van der Waals surface area (Å²) in [5, 5.41) is 0. The normalized spacial score (nSPS) is 18.7. The molecule has 1 rings (SSSR count). The Morgan fingerprint density at radius 2 is 1.78 bits per heavy atom. The third-order valence-electron chi connectivity index (χ3n) is 4.37. The van der Waals surface area contributed by atoms with Gasteiger partial charge in [-0.1, -0.05) is 53.4 Å². The summed E-state index contributed by atoms with van der Waals surface area (Å²) in [4.78, 5) is 36.9. The first-order valence-corrected chi connectivity index (χ1v) is 9.34. The van der Waals surface area contributed by atoms with Gasteiger partial charge in [0.1, 0.15) is 5.78 Å². The van der Waals surface area contributed by atoms with Crippen molar-refractivity contribution < 1.29 is 14.4 Å². The molecule has 1 aliphatic heterocycles. The molecule has 1 heterocycles. The zero-order valence-electron chi connectivity index (χ0n) is 15.7. The van der Waals surface area contributed by atoms with E-state index in [1.54, 1.807) is 0 Å². The maximum Gasteiger partial charge on any atom is 0.233 e. The van der Waals surface area contributed by atoms with Crippen LogP contribution in [-0.4, -0.2) is 29.0 Å². The summed E-state index contributed by atoms with van der Waals surface area (Å²) in [7, 11) is 0. The zero-order chi connectivity index (χ0) is 17.8. The van der Waals surface area contributed by atoms with Gasteiger partial charge in [0, 0.05) is 19.4 Å². The number of carbonyl (C=O) groups excluding carboxylic acids is 3. The van der Waals surface area contributed by atoms with Crippen molar-refractivity contribution in [2.45, 2.75) is 86.0 Å². The molecular weight excluding hydrogens is 290 g/mol. The fourth-order valence-electron chi connectivity index (χ4n) is 3.16. The highest BCUT2D eigenvalue weighted by atomic mass is 16.2. The van der Waals surface area contributed by atoms with Crippen LogP contribution in [0.1, 0.15) is 86.0 Å². The SMILES string of the molecule is CC.CCCCCC(CCC)C1CC(=O)N(CCC(C)=O)C1=O. The Morgan fingerprint density at radius 3 is 2.30 bits per heavy atom. The molecular formula is C19H35NO3. The third-order valence-corrected chi connectivity index (χ3v) is 4.37. The van der Waals surface area contributed by atoms with Crippen LogP contribution in [0.3, 0.4) is 0 Å². The van der Waals surface area contributed by atoms with Gasteiger partial charge in [0.25, 0.3) is 0 Å². The van der Waals surface area contributed by atoms with Crippen molar-refractivity contribution in [3.63, 3.8) is 0 Å². The topological polar surface area (TPSA) is 54.5 Å². The van der Waals surface area contributed by atoms with Gasteiger partial charge in [-0.05, 0) is 25.7 Å². The van der Waals surface area contributed by atoms with Crippen molar-refractivity contribution in [2.24, 2.45) is 11.8 Å². The number of carbonyl (C=O) groups is 3. The molecule has 1 fully saturated rings. The van der Waals surface area contributed by atoms with Crippen molar-refractivity contribution in [3.8, 4) is 0 Å². The van der Waals surface area contributed by atoms with Gasteiger partial charge in [-0.3, -0.25) is 19.3 Å². The van der Waals surface area contributed by atoms with Gasteiger partial charge in [0.2, 0.25) is 11.8 Å². The van der Waals surface area contributed by atoms with E-state index in [0.29, 0.717) is 12.3 Å². The van der Waals surface area contributed by atoms with Gasteiger partial charge in [0.15, 0.2) is 0 Å². The Kier molecular flexibility index (Phi) is 11.6. The van der Waals surface area contributed by atoms with Crippen molar-refractivity contribution in [1.82, 2.24) is 4.90 Å². The van der Waals surface area contributed by atoms with Gasteiger partial charge in [-0.2, -0.15) is 0 Å². The molecule has 0 aromatic heterocycles. The van der Waals surface area contributed by atoms with E-state index in [1.165, 1.54) is 24.7 Å². The maximum atomic E-state index is 12.5. The minimum atomic E-state index is -0.152. The Morgan fingerprint density at radius 1 is 1.13 bits per heavy atom. The molecule has 0 N–H and O–H groups in total. The first kappa shape index (κ1) is 21.8. The van der Waals surface area contributed by atoms with Crippen LogP contribution in [-0.2, 0) is 14.4 Å². The molecule has 134 valence electrons. The standard InChI is InChI=1S/C17H29NO3.C2H6/c1-4-6-7-9-14(8-5-2)15-12-16(20)18(17(15)21)11-10-13(3)19;1-2/h14-15H,4-12H2,1-3H3;1-2H3. The van der Waals surface area contributed by atoms with Gasteiger partial charge in [-0.25, -0.2) is 0 Å². The number of nitrogens with zero attached hydrogens (tertiary/aromatic N) is 1. The summed E-state index contributed by atoms with van der Waals surface area (Å²) >= 11 is 0. The lowest BCUT2D eigenvalue weighted by Crippen LogP contribution is -2.34. The van der Waals surface area contributed by atoms with Crippen LogP contribution in [0, 0.1) is 11.8 Å². The van der Waals surface area contributed by atoms with Crippen LogP contribution in [0.2, 0.25) is 0 Å². The molecule has 0 radical (unpaired) electrons. The molecule has 0 spiro atoms. The molecule has 4 heteroatoms. The molecule has 0 bridgehead atoms. The van der Waals surface area contributed by atoms with Gasteiger partial charge in [0.05, 0.1) is 5.92 Å². The predicted octanol–water partition coefficient (Wildman–Crippen LogP) is 4.36. The van der Waals surface area contributed by atoms with E-state index >= 15 is 0 Å². The summed E-state index contributed by atoms with van der Waals surface area (Å²) in [6.45, 7) is 10.1. The van der Waals surface area contributed by atoms with Crippen molar-refractivity contribution in [1.29, 1.82) is 0 Å². The zero-order valence-corrected chi connectivity index (χ0v) is 15.7. The van der Waals surface area contributed by atoms with Crippen LogP contribution in [0.15, 0.2) is 0 Å². The van der Waals surface area contributed by atoms with Crippen LogP contribution in [0.4, 0.5) is 0 Å². The van der Waals surface area contributed by atoms with Gasteiger partial charge in [-0.15, -0.1) is 0 Å². The summed E-state index contributed by atoms with van der Waals surface area (Å²) in [5.74, 6) is 0.0488. The molecule has 0 saturated carbocycles.